The van der Waals surface area contributed by atoms with Gasteiger partial charge < -0.3 is 10.3 Å². The predicted octanol–water partition coefficient (Wildman–Crippen LogP) is 5.46. The third kappa shape index (κ3) is 4.55. The van der Waals surface area contributed by atoms with Gasteiger partial charge in [0, 0.05) is 44.6 Å². The summed E-state index contributed by atoms with van der Waals surface area (Å²) in [6.45, 7) is 4.15. The molecule has 4 rings (SSSR count). The fourth-order valence-corrected chi connectivity index (χ4v) is 4.18. The molecule has 0 fully saturated rings. The molecule has 7 nitrogen and oxygen atoms in total. The van der Waals surface area contributed by atoms with Gasteiger partial charge in [-0.3, -0.25) is 19.7 Å². The fourth-order valence-electron chi connectivity index (χ4n) is 3.26. The zero-order chi connectivity index (χ0) is 22.8. The molecule has 4 aromatic rings. The highest BCUT2D eigenvalue weighted by molar-refractivity contribution is 7.99. The second-order valence-electron chi connectivity index (χ2n) is 7.36. The number of amides is 1. The molecule has 3 aromatic carbocycles. The zero-order valence-electron chi connectivity index (χ0n) is 17.3. The summed E-state index contributed by atoms with van der Waals surface area (Å²) in [5, 5.41) is 14.2. The van der Waals surface area contributed by atoms with Crippen LogP contribution in [0.3, 0.4) is 0 Å². The Morgan fingerprint density at radius 1 is 0.938 bits per heavy atom. The lowest BCUT2D eigenvalue weighted by atomic mass is 10.1. The molecule has 1 amide bonds. The van der Waals surface area contributed by atoms with Crippen LogP contribution in [0.15, 0.2) is 81.3 Å². The first kappa shape index (κ1) is 21.3. The number of aromatic amines is 1. The molecule has 32 heavy (non-hydrogen) atoms. The molecule has 0 atom stereocenters. The lowest BCUT2D eigenvalue weighted by Gasteiger charge is -2.09. The number of hydrogen-bond donors (Lipinski definition) is 2. The molecule has 0 radical (unpaired) electrons. The molecule has 0 saturated carbocycles. The standard InChI is InChI=1S/C24H19N3O4S/c1-14-3-7-19(11-15(14)2)32-18-8-4-16(5-9-18)25-24(29)21-13-23(28)26-22-10-6-17(27(30)31)12-20(21)22/h3-13H,1-2H3,(H,25,29)(H,26,28). The number of pyridine rings is 1. The Morgan fingerprint density at radius 2 is 1.66 bits per heavy atom. The number of anilines is 1. The van der Waals surface area contributed by atoms with Crippen LogP contribution in [0.1, 0.15) is 21.5 Å². The van der Waals surface area contributed by atoms with Crippen molar-refractivity contribution in [1.82, 2.24) is 4.98 Å². The van der Waals surface area contributed by atoms with E-state index in [2.05, 4.69) is 42.3 Å². The van der Waals surface area contributed by atoms with Crippen molar-refractivity contribution in [1.29, 1.82) is 0 Å². The van der Waals surface area contributed by atoms with Crippen molar-refractivity contribution >= 4 is 39.9 Å². The summed E-state index contributed by atoms with van der Waals surface area (Å²) in [5.74, 6) is -0.517. The summed E-state index contributed by atoms with van der Waals surface area (Å²) in [4.78, 5) is 40.1. The van der Waals surface area contributed by atoms with E-state index in [1.165, 1.54) is 29.3 Å². The number of hydrogen-bond acceptors (Lipinski definition) is 5. The first-order valence-electron chi connectivity index (χ1n) is 9.78. The molecule has 0 unspecified atom stereocenters. The second-order valence-corrected chi connectivity index (χ2v) is 8.51. The van der Waals surface area contributed by atoms with Gasteiger partial charge in [-0.2, -0.15) is 0 Å². The number of aromatic nitrogens is 1. The second kappa shape index (κ2) is 8.68. The Labute approximate surface area is 187 Å². The van der Waals surface area contributed by atoms with E-state index in [0.717, 1.165) is 15.9 Å². The van der Waals surface area contributed by atoms with E-state index in [1.807, 2.05) is 12.1 Å². The van der Waals surface area contributed by atoms with Crippen LogP contribution in [0, 0.1) is 24.0 Å². The van der Waals surface area contributed by atoms with Crippen LogP contribution in [0.5, 0.6) is 0 Å². The lowest BCUT2D eigenvalue weighted by molar-refractivity contribution is -0.384. The number of nitrogens with one attached hydrogen (secondary N) is 2. The largest absolute Gasteiger partial charge is 0.322 e. The average molecular weight is 446 g/mol. The van der Waals surface area contributed by atoms with Crippen LogP contribution < -0.4 is 10.9 Å². The van der Waals surface area contributed by atoms with E-state index in [0.29, 0.717) is 16.6 Å². The summed E-state index contributed by atoms with van der Waals surface area (Å²) in [6, 6.07) is 18.8. The molecule has 0 spiro atoms. The highest BCUT2D eigenvalue weighted by atomic mass is 32.2. The van der Waals surface area contributed by atoms with Gasteiger partial charge in [0.15, 0.2) is 0 Å². The predicted molar refractivity (Wildman–Crippen MR) is 126 cm³/mol. The molecule has 1 aromatic heterocycles. The van der Waals surface area contributed by atoms with Crippen LogP contribution in [0.4, 0.5) is 11.4 Å². The van der Waals surface area contributed by atoms with Gasteiger partial charge >= 0.3 is 0 Å². The molecule has 0 bridgehead atoms. The Balaban J connectivity index is 1.57. The van der Waals surface area contributed by atoms with Crippen molar-refractivity contribution < 1.29 is 9.72 Å². The van der Waals surface area contributed by atoms with Gasteiger partial charge in [0.1, 0.15) is 0 Å². The van der Waals surface area contributed by atoms with Crippen molar-refractivity contribution in [3.05, 3.63) is 104 Å². The van der Waals surface area contributed by atoms with Gasteiger partial charge in [0.05, 0.1) is 10.5 Å². The van der Waals surface area contributed by atoms with Crippen molar-refractivity contribution in [2.75, 3.05) is 5.32 Å². The Hall–Kier alpha value is -3.91. The van der Waals surface area contributed by atoms with E-state index < -0.39 is 16.4 Å². The highest BCUT2D eigenvalue weighted by Crippen LogP contribution is 2.30. The van der Waals surface area contributed by atoms with Gasteiger partial charge in [-0.1, -0.05) is 17.8 Å². The number of fused-ring (bicyclic) bond motifs is 1. The van der Waals surface area contributed by atoms with Crippen LogP contribution >= 0.6 is 11.8 Å². The van der Waals surface area contributed by atoms with Crippen LogP contribution in [0.25, 0.3) is 10.9 Å². The third-order valence-corrected chi connectivity index (χ3v) is 6.11. The fraction of sp³-hybridized carbons (Fsp3) is 0.0833. The topological polar surface area (TPSA) is 105 Å². The monoisotopic (exact) mass is 445 g/mol. The Kier molecular flexibility index (Phi) is 5.79. The third-order valence-electron chi connectivity index (χ3n) is 5.11. The molecule has 0 aliphatic carbocycles. The summed E-state index contributed by atoms with van der Waals surface area (Å²) in [7, 11) is 0. The molecule has 0 saturated heterocycles. The highest BCUT2D eigenvalue weighted by Gasteiger charge is 2.16. The maximum absolute atomic E-state index is 12.9. The van der Waals surface area contributed by atoms with Crippen LogP contribution in [-0.2, 0) is 0 Å². The number of aryl methyl sites for hydroxylation is 2. The van der Waals surface area contributed by atoms with E-state index in [-0.39, 0.29) is 11.3 Å². The minimum atomic E-state index is -0.543. The quantitative estimate of drug-likeness (QED) is 0.314. The zero-order valence-corrected chi connectivity index (χ0v) is 18.2. The van der Waals surface area contributed by atoms with E-state index in [1.54, 1.807) is 23.9 Å². The molecular weight excluding hydrogens is 426 g/mol. The lowest BCUT2D eigenvalue weighted by Crippen LogP contribution is -2.17. The Morgan fingerprint density at radius 3 is 2.34 bits per heavy atom. The summed E-state index contributed by atoms with van der Waals surface area (Å²) in [6.07, 6.45) is 0. The van der Waals surface area contributed by atoms with Crippen molar-refractivity contribution in [3.63, 3.8) is 0 Å². The number of H-pyrrole nitrogens is 1. The normalized spacial score (nSPS) is 10.8. The maximum atomic E-state index is 12.9. The minimum absolute atomic E-state index is 0.0704. The minimum Gasteiger partial charge on any atom is -0.322 e. The van der Waals surface area contributed by atoms with Crippen LogP contribution in [0.2, 0.25) is 0 Å². The summed E-state index contributed by atoms with van der Waals surface area (Å²) < 4.78 is 0. The van der Waals surface area contributed by atoms with Gasteiger partial charge in [-0.25, -0.2) is 0 Å². The molecule has 0 aliphatic rings. The van der Waals surface area contributed by atoms with Crippen molar-refractivity contribution in [2.24, 2.45) is 0 Å². The van der Waals surface area contributed by atoms with Gasteiger partial charge in [-0.15, -0.1) is 0 Å². The SMILES string of the molecule is Cc1ccc(Sc2ccc(NC(=O)c3cc(=O)[nH]c4ccc([N+](=O)[O-])cc34)cc2)cc1C. The Bertz CT molecular complexity index is 1410. The number of nitro groups is 1. The molecule has 0 aliphatic heterocycles. The number of carbonyl (C=O) groups excluding carboxylic acids is 1. The number of rotatable bonds is 5. The first-order valence-corrected chi connectivity index (χ1v) is 10.6. The van der Waals surface area contributed by atoms with Gasteiger partial charge in [0.25, 0.3) is 11.6 Å². The van der Waals surface area contributed by atoms with E-state index in [4.69, 9.17) is 0 Å². The molecule has 8 heteroatoms. The molecule has 160 valence electrons. The number of non-ortho nitro benzene ring substituents is 1. The van der Waals surface area contributed by atoms with E-state index >= 15 is 0 Å². The van der Waals surface area contributed by atoms with Gasteiger partial charge in [-0.05, 0) is 67.4 Å². The first-order chi connectivity index (χ1) is 15.3. The smallest absolute Gasteiger partial charge is 0.270 e. The molecular formula is C24H19N3O4S. The van der Waals surface area contributed by atoms with E-state index in [9.17, 15) is 19.7 Å². The van der Waals surface area contributed by atoms with Crippen LogP contribution in [-0.4, -0.2) is 15.8 Å². The maximum Gasteiger partial charge on any atom is 0.270 e. The summed E-state index contributed by atoms with van der Waals surface area (Å²) in [5.41, 5.74) is 2.82. The summed E-state index contributed by atoms with van der Waals surface area (Å²) >= 11 is 1.62. The van der Waals surface area contributed by atoms with Crippen molar-refractivity contribution in [2.45, 2.75) is 23.6 Å². The molecule has 1 heterocycles. The number of carbonyl (C=O) groups is 1. The number of nitrogens with zero attached hydrogens (tertiary/aromatic N) is 1. The van der Waals surface area contributed by atoms with Crippen molar-refractivity contribution in [3.8, 4) is 0 Å². The van der Waals surface area contributed by atoms with Gasteiger partial charge in [0.2, 0.25) is 5.56 Å². The molecule has 2 N–H and O–H groups in total. The number of benzene rings is 3. The average Bonchev–Trinajstić information content (AvgIpc) is 2.76. The number of nitro benzene ring substituents is 1.